The maximum atomic E-state index is 6.34. The van der Waals surface area contributed by atoms with Crippen molar-refractivity contribution in [2.75, 3.05) is 13.1 Å². The molecule has 0 N–H and O–H groups in total. The molecular weight excluding hydrogens is 425 g/mol. The van der Waals surface area contributed by atoms with E-state index in [1.807, 2.05) is 25.4 Å². The number of aromatic nitrogens is 2. The lowest BCUT2D eigenvalue weighted by molar-refractivity contribution is 0.248. The molecule has 2 aromatic heterocycles. The van der Waals surface area contributed by atoms with Crippen molar-refractivity contribution >= 4 is 29.6 Å². The zero-order valence-corrected chi connectivity index (χ0v) is 19.3. The number of likely N-dealkylation sites (tertiary alicyclic amines) is 1. The lowest BCUT2D eigenvalue weighted by Gasteiger charge is -2.30. The Morgan fingerprint density at radius 2 is 1.74 bits per heavy atom. The van der Waals surface area contributed by atoms with Crippen LogP contribution in [0.1, 0.15) is 46.5 Å². The van der Waals surface area contributed by atoms with Crippen LogP contribution in [0, 0.1) is 6.92 Å². The molecule has 0 saturated carbocycles. The van der Waals surface area contributed by atoms with Crippen molar-refractivity contribution in [2.45, 2.75) is 39.2 Å². The van der Waals surface area contributed by atoms with E-state index in [1.165, 1.54) is 39.1 Å². The van der Waals surface area contributed by atoms with Gasteiger partial charge in [-0.15, -0.1) is 12.4 Å². The summed E-state index contributed by atoms with van der Waals surface area (Å²) in [5.41, 5.74) is 10.4. The number of rotatable bonds is 2. The number of nitrogens with zero attached hydrogens (tertiary/aromatic N) is 3. The van der Waals surface area contributed by atoms with Crippen molar-refractivity contribution in [2.24, 2.45) is 0 Å². The van der Waals surface area contributed by atoms with Gasteiger partial charge in [0.15, 0.2) is 0 Å². The monoisotopic (exact) mass is 451 g/mol. The molecule has 1 saturated heterocycles. The van der Waals surface area contributed by atoms with Gasteiger partial charge in [-0.05, 0) is 79.1 Å². The summed E-state index contributed by atoms with van der Waals surface area (Å²) in [7, 11) is 0. The molecule has 1 fully saturated rings. The molecular formula is C26H27Cl2N3. The first-order valence-electron chi connectivity index (χ1n) is 10.8. The first kappa shape index (κ1) is 22.0. The zero-order valence-electron chi connectivity index (χ0n) is 17.8. The van der Waals surface area contributed by atoms with Gasteiger partial charge in [0.1, 0.15) is 0 Å². The summed E-state index contributed by atoms with van der Waals surface area (Å²) >= 11 is 6.34. The molecule has 2 aliphatic rings. The highest BCUT2D eigenvalue weighted by Crippen LogP contribution is 2.38. The Morgan fingerprint density at radius 3 is 2.52 bits per heavy atom. The normalized spacial score (nSPS) is 16.2. The first-order valence-corrected chi connectivity index (χ1v) is 11.1. The minimum absolute atomic E-state index is 0. The maximum absolute atomic E-state index is 6.34. The van der Waals surface area contributed by atoms with Gasteiger partial charge in [-0.3, -0.25) is 14.9 Å². The van der Waals surface area contributed by atoms with Crippen molar-refractivity contribution in [3.05, 3.63) is 99.1 Å². The SMILES string of the molecule is Cc1ccc(CN2CCC(=C3c4ccc(Cl)cc4CCc4cccnc43)CC2)cn1.Cl. The molecule has 0 atom stereocenters. The fourth-order valence-corrected chi connectivity index (χ4v) is 4.91. The third kappa shape index (κ3) is 4.69. The number of fused-ring (bicyclic) bond motifs is 2. The molecule has 3 nitrogen and oxygen atoms in total. The molecule has 5 heteroatoms. The number of hydrogen-bond donors (Lipinski definition) is 0. The number of aryl methyl sites for hydroxylation is 3. The predicted octanol–water partition coefficient (Wildman–Crippen LogP) is 6.06. The molecule has 0 bridgehead atoms. The van der Waals surface area contributed by atoms with Crippen molar-refractivity contribution in [1.29, 1.82) is 0 Å². The van der Waals surface area contributed by atoms with Gasteiger partial charge in [0.2, 0.25) is 0 Å². The summed E-state index contributed by atoms with van der Waals surface area (Å²) in [6, 6.07) is 15.0. The smallest absolute Gasteiger partial charge is 0.0739 e. The van der Waals surface area contributed by atoms with Crippen LogP contribution >= 0.6 is 24.0 Å². The minimum Gasteiger partial charge on any atom is -0.298 e. The molecule has 1 aliphatic heterocycles. The van der Waals surface area contributed by atoms with Gasteiger partial charge in [0.25, 0.3) is 0 Å². The highest BCUT2D eigenvalue weighted by molar-refractivity contribution is 6.30. The van der Waals surface area contributed by atoms with Gasteiger partial charge < -0.3 is 0 Å². The van der Waals surface area contributed by atoms with Crippen LogP contribution < -0.4 is 0 Å². The first-order chi connectivity index (χ1) is 14.7. The third-order valence-corrected chi connectivity index (χ3v) is 6.56. The Kier molecular flexibility index (Phi) is 6.76. The second-order valence-electron chi connectivity index (χ2n) is 8.38. The van der Waals surface area contributed by atoms with Gasteiger partial charge in [-0.25, -0.2) is 0 Å². The van der Waals surface area contributed by atoms with Crippen LogP contribution in [0.25, 0.3) is 5.57 Å². The summed E-state index contributed by atoms with van der Waals surface area (Å²) in [6.45, 7) is 5.14. The lowest BCUT2D eigenvalue weighted by atomic mass is 9.88. The van der Waals surface area contributed by atoms with Crippen molar-refractivity contribution in [3.63, 3.8) is 0 Å². The Bertz CT molecular complexity index is 1100. The van der Waals surface area contributed by atoms with Crippen LogP contribution in [0.15, 0.2) is 60.4 Å². The Balaban J connectivity index is 0.00000231. The summed E-state index contributed by atoms with van der Waals surface area (Å²) in [4.78, 5) is 11.8. The van der Waals surface area contributed by atoms with Gasteiger partial charge >= 0.3 is 0 Å². The van der Waals surface area contributed by atoms with Crippen LogP contribution in [-0.4, -0.2) is 28.0 Å². The van der Waals surface area contributed by atoms with Crippen LogP contribution in [-0.2, 0) is 19.4 Å². The molecule has 0 unspecified atom stereocenters. The number of piperidine rings is 1. The van der Waals surface area contributed by atoms with Crippen LogP contribution in [0.4, 0.5) is 0 Å². The third-order valence-electron chi connectivity index (χ3n) is 6.32. The van der Waals surface area contributed by atoms with E-state index in [0.29, 0.717) is 0 Å². The standard InChI is InChI=1S/C26H26ClN3.ClH/c1-18-4-5-19(16-29-18)17-30-13-10-20(11-14-30)25-24-9-8-23(27)15-22(24)7-6-21-3-2-12-28-26(21)25;/h2-5,8-9,12,15-16H,6-7,10-11,13-14,17H2,1H3;1H. The van der Waals surface area contributed by atoms with Crippen LogP contribution in [0.3, 0.4) is 0 Å². The molecule has 5 rings (SSSR count). The predicted molar refractivity (Wildman–Crippen MR) is 130 cm³/mol. The van der Waals surface area contributed by atoms with E-state index in [2.05, 4.69) is 46.3 Å². The summed E-state index contributed by atoms with van der Waals surface area (Å²) in [5.74, 6) is 0. The summed E-state index contributed by atoms with van der Waals surface area (Å²) < 4.78 is 0. The van der Waals surface area contributed by atoms with E-state index < -0.39 is 0 Å². The Hall–Kier alpha value is -2.20. The minimum atomic E-state index is 0. The molecule has 3 heterocycles. The molecule has 1 aliphatic carbocycles. The largest absolute Gasteiger partial charge is 0.298 e. The molecule has 3 aromatic rings. The lowest BCUT2D eigenvalue weighted by Crippen LogP contribution is -2.30. The maximum Gasteiger partial charge on any atom is 0.0739 e. The molecule has 1 aromatic carbocycles. The van der Waals surface area contributed by atoms with Crippen molar-refractivity contribution < 1.29 is 0 Å². The van der Waals surface area contributed by atoms with Crippen molar-refractivity contribution in [3.8, 4) is 0 Å². The summed E-state index contributed by atoms with van der Waals surface area (Å²) in [6.07, 6.45) is 8.12. The fourth-order valence-electron chi connectivity index (χ4n) is 4.71. The number of halogens is 2. The molecule has 0 radical (unpaired) electrons. The van der Waals surface area contributed by atoms with Gasteiger partial charge in [0.05, 0.1) is 5.69 Å². The second-order valence-corrected chi connectivity index (χ2v) is 8.81. The highest BCUT2D eigenvalue weighted by atomic mass is 35.5. The quantitative estimate of drug-likeness (QED) is 0.474. The molecule has 0 spiro atoms. The number of pyridine rings is 2. The van der Waals surface area contributed by atoms with Gasteiger partial charge in [0, 0.05) is 48.3 Å². The van der Waals surface area contributed by atoms with E-state index in [1.54, 1.807) is 0 Å². The average molecular weight is 452 g/mol. The zero-order chi connectivity index (χ0) is 20.5. The Labute approximate surface area is 195 Å². The van der Waals surface area contributed by atoms with Crippen LogP contribution in [0.5, 0.6) is 0 Å². The Morgan fingerprint density at radius 1 is 0.935 bits per heavy atom. The molecule has 31 heavy (non-hydrogen) atoms. The van der Waals surface area contributed by atoms with Gasteiger partial charge in [-0.2, -0.15) is 0 Å². The number of hydrogen-bond acceptors (Lipinski definition) is 3. The van der Waals surface area contributed by atoms with E-state index in [-0.39, 0.29) is 12.4 Å². The molecule has 0 amide bonds. The summed E-state index contributed by atoms with van der Waals surface area (Å²) in [5, 5.41) is 0.818. The topological polar surface area (TPSA) is 29.0 Å². The van der Waals surface area contributed by atoms with E-state index in [4.69, 9.17) is 16.6 Å². The highest BCUT2D eigenvalue weighted by Gasteiger charge is 2.25. The van der Waals surface area contributed by atoms with Crippen LogP contribution in [0.2, 0.25) is 5.02 Å². The average Bonchev–Trinajstić information content (AvgIpc) is 2.93. The van der Waals surface area contributed by atoms with Gasteiger partial charge in [-0.1, -0.05) is 35.4 Å². The van der Waals surface area contributed by atoms with E-state index in [0.717, 1.165) is 56.0 Å². The van der Waals surface area contributed by atoms with E-state index >= 15 is 0 Å². The molecule has 160 valence electrons. The second kappa shape index (κ2) is 9.52. The van der Waals surface area contributed by atoms with Crippen molar-refractivity contribution in [1.82, 2.24) is 14.9 Å². The van der Waals surface area contributed by atoms with E-state index in [9.17, 15) is 0 Å². The fraction of sp³-hybridized carbons (Fsp3) is 0.308. The number of benzene rings is 1.